The molecule has 1 heterocycles. The highest BCUT2D eigenvalue weighted by atomic mass is 35.5. The van der Waals surface area contributed by atoms with Gasteiger partial charge in [-0.3, -0.25) is 0 Å². The van der Waals surface area contributed by atoms with Gasteiger partial charge in [-0.15, -0.1) is 10.2 Å². The third-order valence-corrected chi connectivity index (χ3v) is 5.43. The largest absolute Gasteiger partial charge is 0.416 e. The van der Waals surface area contributed by atoms with Crippen molar-refractivity contribution >= 4 is 11.6 Å². The quantitative estimate of drug-likeness (QED) is 0.500. The SMILES string of the molecule is CC1(c2ccc(Cl)cc2)CCC1.Cn1cnnc1-c1ccc(C(F)(F)F)cc1. The molecule has 1 aromatic heterocycles. The number of benzene rings is 2. The fourth-order valence-corrected chi connectivity index (χ4v) is 3.33. The standard InChI is InChI=1S/C11H13Cl.C10H8F3N3/c1-11(7-2-8-11)9-3-5-10(12)6-4-9;1-16-6-14-15-9(16)7-2-4-8(5-3-7)10(11,12)13/h3-6H,2,7-8H2,1H3;2-6H,1H3. The van der Waals surface area contributed by atoms with Crippen molar-refractivity contribution < 1.29 is 13.2 Å². The maximum atomic E-state index is 12.3. The highest BCUT2D eigenvalue weighted by Crippen LogP contribution is 2.43. The van der Waals surface area contributed by atoms with Gasteiger partial charge in [0.05, 0.1) is 5.56 Å². The number of aromatic nitrogens is 3. The lowest BCUT2D eigenvalue weighted by Crippen LogP contribution is -2.30. The molecule has 0 amide bonds. The summed E-state index contributed by atoms with van der Waals surface area (Å²) in [6.07, 6.45) is 1.22. The van der Waals surface area contributed by atoms with E-state index in [9.17, 15) is 13.2 Å². The van der Waals surface area contributed by atoms with Crippen molar-refractivity contribution in [1.29, 1.82) is 0 Å². The van der Waals surface area contributed by atoms with Crippen molar-refractivity contribution in [3.63, 3.8) is 0 Å². The van der Waals surface area contributed by atoms with E-state index >= 15 is 0 Å². The van der Waals surface area contributed by atoms with E-state index in [1.807, 2.05) is 12.1 Å². The van der Waals surface area contributed by atoms with Crippen molar-refractivity contribution in [3.8, 4) is 11.4 Å². The van der Waals surface area contributed by atoms with Gasteiger partial charge in [0.2, 0.25) is 0 Å². The molecule has 7 heteroatoms. The van der Waals surface area contributed by atoms with Crippen molar-refractivity contribution in [2.24, 2.45) is 7.05 Å². The second kappa shape index (κ2) is 7.95. The van der Waals surface area contributed by atoms with E-state index in [-0.39, 0.29) is 0 Å². The highest BCUT2D eigenvalue weighted by Gasteiger charge is 2.33. The number of aryl methyl sites for hydroxylation is 1. The Hall–Kier alpha value is -2.34. The van der Waals surface area contributed by atoms with Crippen LogP contribution in [0.2, 0.25) is 5.02 Å². The number of hydrogen-bond donors (Lipinski definition) is 0. The Morgan fingerprint density at radius 1 is 1.00 bits per heavy atom. The molecule has 0 spiro atoms. The van der Waals surface area contributed by atoms with Crippen LogP contribution in [0.5, 0.6) is 0 Å². The molecular formula is C21H21ClF3N3. The minimum atomic E-state index is -4.31. The third kappa shape index (κ3) is 4.55. The number of alkyl halides is 3. The smallest absolute Gasteiger partial charge is 0.317 e. The average Bonchev–Trinajstić information content (AvgIpc) is 3.06. The van der Waals surface area contributed by atoms with Crippen LogP contribution in [0.4, 0.5) is 13.2 Å². The normalized spacial score (nSPS) is 15.4. The molecule has 1 aliphatic rings. The molecule has 28 heavy (non-hydrogen) atoms. The topological polar surface area (TPSA) is 30.7 Å². The van der Waals surface area contributed by atoms with Gasteiger partial charge < -0.3 is 4.57 Å². The summed E-state index contributed by atoms with van der Waals surface area (Å²) in [5, 5.41) is 8.30. The van der Waals surface area contributed by atoms with E-state index in [0.717, 1.165) is 17.2 Å². The minimum absolute atomic E-state index is 0.449. The molecule has 0 unspecified atom stereocenters. The zero-order valence-corrected chi connectivity index (χ0v) is 16.4. The van der Waals surface area contributed by atoms with Crippen LogP contribution in [0.15, 0.2) is 54.9 Å². The Labute approximate surface area is 167 Å². The van der Waals surface area contributed by atoms with Crippen molar-refractivity contribution in [2.45, 2.75) is 37.8 Å². The second-order valence-electron chi connectivity index (χ2n) is 7.26. The molecule has 1 aliphatic carbocycles. The molecule has 2 aromatic carbocycles. The van der Waals surface area contributed by atoms with Gasteiger partial charge in [-0.05, 0) is 48.1 Å². The molecular weight excluding hydrogens is 387 g/mol. The van der Waals surface area contributed by atoms with Crippen molar-refractivity contribution in [2.75, 3.05) is 0 Å². The first-order chi connectivity index (χ1) is 13.2. The van der Waals surface area contributed by atoms with Crippen LogP contribution in [0.25, 0.3) is 11.4 Å². The van der Waals surface area contributed by atoms with Crippen LogP contribution in [0.1, 0.15) is 37.3 Å². The predicted molar refractivity (Wildman–Crippen MR) is 104 cm³/mol. The Balaban J connectivity index is 0.000000167. The van der Waals surface area contributed by atoms with Gasteiger partial charge in [0.15, 0.2) is 5.82 Å². The number of hydrogen-bond acceptors (Lipinski definition) is 2. The molecule has 0 bridgehead atoms. The van der Waals surface area contributed by atoms with Crippen LogP contribution >= 0.6 is 11.6 Å². The molecule has 0 atom stereocenters. The maximum Gasteiger partial charge on any atom is 0.416 e. The first-order valence-corrected chi connectivity index (χ1v) is 9.34. The van der Waals surface area contributed by atoms with Gasteiger partial charge in [0.1, 0.15) is 6.33 Å². The molecule has 3 nitrogen and oxygen atoms in total. The first-order valence-electron chi connectivity index (χ1n) is 8.97. The molecule has 3 aromatic rings. The number of nitrogens with zero attached hydrogens (tertiary/aromatic N) is 3. The van der Waals surface area contributed by atoms with E-state index in [1.165, 1.54) is 43.3 Å². The summed E-state index contributed by atoms with van der Waals surface area (Å²) in [5.41, 5.74) is 1.83. The van der Waals surface area contributed by atoms with Gasteiger partial charge >= 0.3 is 6.18 Å². The van der Waals surface area contributed by atoms with Crippen LogP contribution in [0, 0.1) is 0 Å². The van der Waals surface area contributed by atoms with Gasteiger partial charge in [0, 0.05) is 17.6 Å². The van der Waals surface area contributed by atoms with Crippen LogP contribution < -0.4 is 0 Å². The monoisotopic (exact) mass is 407 g/mol. The summed E-state index contributed by atoms with van der Waals surface area (Å²) in [6.45, 7) is 2.33. The van der Waals surface area contributed by atoms with E-state index < -0.39 is 11.7 Å². The van der Waals surface area contributed by atoms with Crippen LogP contribution in [0.3, 0.4) is 0 Å². The zero-order chi connectivity index (χ0) is 20.4. The Morgan fingerprint density at radius 2 is 1.61 bits per heavy atom. The zero-order valence-electron chi connectivity index (χ0n) is 15.7. The summed E-state index contributed by atoms with van der Waals surface area (Å²) in [5.74, 6) is 0.536. The number of rotatable bonds is 2. The van der Waals surface area contributed by atoms with E-state index in [1.54, 1.807) is 11.6 Å². The highest BCUT2D eigenvalue weighted by molar-refractivity contribution is 6.30. The second-order valence-corrected chi connectivity index (χ2v) is 7.70. The molecule has 4 rings (SSSR count). The molecule has 0 N–H and O–H groups in total. The molecule has 148 valence electrons. The summed E-state index contributed by atoms with van der Waals surface area (Å²) in [6, 6.07) is 13.1. The van der Waals surface area contributed by atoms with Gasteiger partial charge in [-0.25, -0.2) is 0 Å². The average molecular weight is 408 g/mol. The lowest BCUT2D eigenvalue weighted by molar-refractivity contribution is -0.137. The Kier molecular flexibility index (Phi) is 5.79. The summed E-state index contributed by atoms with van der Waals surface area (Å²) in [4.78, 5) is 0. The van der Waals surface area contributed by atoms with E-state index in [4.69, 9.17) is 11.6 Å². The molecule has 1 saturated carbocycles. The van der Waals surface area contributed by atoms with Gasteiger partial charge in [0.25, 0.3) is 0 Å². The fraction of sp³-hybridized carbons (Fsp3) is 0.333. The van der Waals surface area contributed by atoms with Crippen molar-refractivity contribution in [3.05, 3.63) is 71.0 Å². The first kappa shape index (κ1) is 20.4. The Morgan fingerprint density at radius 3 is 2.04 bits per heavy atom. The van der Waals surface area contributed by atoms with E-state index in [0.29, 0.717) is 16.8 Å². The van der Waals surface area contributed by atoms with Gasteiger partial charge in [-0.2, -0.15) is 13.2 Å². The van der Waals surface area contributed by atoms with Gasteiger partial charge in [-0.1, -0.05) is 49.2 Å². The molecule has 1 fully saturated rings. The lowest BCUT2D eigenvalue weighted by Gasteiger charge is -2.39. The maximum absolute atomic E-state index is 12.3. The Bertz CT molecular complexity index is 911. The minimum Gasteiger partial charge on any atom is -0.317 e. The van der Waals surface area contributed by atoms with Crippen LogP contribution in [-0.4, -0.2) is 14.8 Å². The fourth-order valence-electron chi connectivity index (χ4n) is 3.20. The lowest BCUT2D eigenvalue weighted by atomic mass is 9.66. The van der Waals surface area contributed by atoms with Crippen LogP contribution in [-0.2, 0) is 18.6 Å². The summed E-state index contributed by atoms with van der Waals surface area (Å²) < 4.78 is 38.6. The number of halogens is 4. The summed E-state index contributed by atoms with van der Waals surface area (Å²) in [7, 11) is 1.73. The third-order valence-electron chi connectivity index (χ3n) is 5.18. The predicted octanol–water partition coefficient (Wildman–Crippen LogP) is 6.28. The molecule has 0 saturated heterocycles. The molecule has 0 aliphatic heterocycles. The van der Waals surface area contributed by atoms with Crippen molar-refractivity contribution in [1.82, 2.24) is 14.8 Å². The van der Waals surface area contributed by atoms with E-state index in [2.05, 4.69) is 29.3 Å². The molecule has 0 radical (unpaired) electrons. The summed E-state index contributed by atoms with van der Waals surface area (Å²) >= 11 is 5.82.